The molecule has 4 heteroatoms. The summed E-state index contributed by atoms with van der Waals surface area (Å²) in [4.78, 5) is 4.17. The third-order valence-electron chi connectivity index (χ3n) is 2.12. The normalized spacial score (nSPS) is 29.4. The lowest BCUT2D eigenvalue weighted by Gasteiger charge is -2.09. The summed E-state index contributed by atoms with van der Waals surface area (Å²) in [6.07, 6.45) is 0.539. The van der Waals surface area contributed by atoms with E-state index in [4.69, 9.17) is 4.74 Å². The van der Waals surface area contributed by atoms with Crippen molar-refractivity contribution in [1.82, 2.24) is 4.98 Å². The van der Waals surface area contributed by atoms with E-state index in [0.29, 0.717) is 13.2 Å². The molecule has 0 aromatic carbocycles. The monoisotopic (exact) mass is 185 g/mol. The molecule has 1 aliphatic heterocycles. The molecule has 1 aliphatic rings. The van der Waals surface area contributed by atoms with Crippen molar-refractivity contribution in [3.8, 4) is 0 Å². The highest BCUT2D eigenvalue weighted by Crippen LogP contribution is 2.18. The molecule has 0 bridgehead atoms. The summed E-state index contributed by atoms with van der Waals surface area (Å²) in [5, 5.41) is 11.5. The lowest BCUT2D eigenvalue weighted by atomic mass is 10.0. The molecule has 2 rings (SSSR count). The highest BCUT2D eigenvalue weighted by Gasteiger charge is 2.26. The molecule has 3 nitrogen and oxygen atoms in total. The predicted molar refractivity (Wildman–Crippen MR) is 46.1 cm³/mol. The Balaban J connectivity index is 1.95. The molecule has 0 spiro atoms. The van der Waals surface area contributed by atoms with Crippen LogP contribution in [0.2, 0.25) is 0 Å². The minimum absolute atomic E-state index is 0.243. The van der Waals surface area contributed by atoms with Crippen molar-refractivity contribution in [2.24, 2.45) is 5.92 Å². The summed E-state index contributed by atoms with van der Waals surface area (Å²) in [5.74, 6) is 0.243. The molecule has 0 amide bonds. The van der Waals surface area contributed by atoms with E-state index in [1.165, 1.54) is 0 Å². The van der Waals surface area contributed by atoms with E-state index in [9.17, 15) is 5.11 Å². The molecule has 1 N–H and O–H groups in total. The van der Waals surface area contributed by atoms with Crippen LogP contribution in [-0.2, 0) is 11.2 Å². The molecule has 2 atom stereocenters. The molecule has 12 heavy (non-hydrogen) atoms. The van der Waals surface area contributed by atoms with E-state index >= 15 is 0 Å². The van der Waals surface area contributed by atoms with Gasteiger partial charge in [0.05, 0.1) is 30.5 Å². The Bertz CT molecular complexity index is 237. The van der Waals surface area contributed by atoms with Gasteiger partial charge in [0.1, 0.15) is 0 Å². The number of nitrogens with zero attached hydrogens (tertiary/aromatic N) is 1. The van der Waals surface area contributed by atoms with Gasteiger partial charge in [-0.15, -0.1) is 11.3 Å². The molecule has 1 saturated heterocycles. The summed E-state index contributed by atoms with van der Waals surface area (Å²) >= 11 is 1.59. The van der Waals surface area contributed by atoms with E-state index in [1.54, 1.807) is 11.3 Å². The molecule has 0 radical (unpaired) electrons. The Morgan fingerprint density at radius 1 is 1.67 bits per heavy atom. The van der Waals surface area contributed by atoms with Crippen LogP contribution in [-0.4, -0.2) is 29.4 Å². The van der Waals surface area contributed by atoms with Crippen LogP contribution in [0.1, 0.15) is 5.69 Å². The van der Waals surface area contributed by atoms with Crippen molar-refractivity contribution in [3.63, 3.8) is 0 Å². The second kappa shape index (κ2) is 3.51. The molecule has 2 heterocycles. The number of hydrogen-bond acceptors (Lipinski definition) is 4. The summed E-state index contributed by atoms with van der Waals surface area (Å²) in [7, 11) is 0. The van der Waals surface area contributed by atoms with E-state index in [2.05, 4.69) is 4.98 Å². The van der Waals surface area contributed by atoms with Crippen molar-refractivity contribution >= 4 is 11.3 Å². The van der Waals surface area contributed by atoms with Crippen molar-refractivity contribution in [2.45, 2.75) is 12.5 Å². The number of aliphatic hydroxyl groups excluding tert-OH is 1. The van der Waals surface area contributed by atoms with Gasteiger partial charge in [0.25, 0.3) is 0 Å². The lowest BCUT2D eigenvalue weighted by molar-refractivity contribution is 0.118. The van der Waals surface area contributed by atoms with Gasteiger partial charge in [0, 0.05) is 11.3 Å². The Labute approximate surface area is 75.0 Å². The zero-order valence-electron chi connectivity index (χ0n) is 6.64. The molecule has 66 valence electrons. The summed E-state index contributed by atoms with van der Waals surface area (Å²) in [5.41, 5.74) is 2.88. The average Bonchev–Trinajstić information content (AvgIpc) is 2.65. The minimum atomic E-state index is -0.299. The SMILES string of the molecule is O[C@@H]1COC[C@H]1Cc1cscn1. The van der Waals surface area contributed by atoms with Gasteiger partial charge in [-0.05, 0) is 6.42 Å². The molecule has 1 fully saturated rings. The number of ether oxygens (including phenoxy) is 1. The molecular formula is C8H11NO2S. The molecular weight excluding hydrogens is 174 g/mol. The molecule has 1 aromatic heterocycles. The van der Waals surface area contributed by atoms with Crippen LogP contribution < -0.4 is 0 Å². The molecule has 0 saturated carbocycles. The fourth-order valence-electron chi connectivity index (χ4n) is 1.39. The van der Waals surface area contributed by atoms with E-state index < -0.39 is 0 Å². The van der Waals surface area contributed by atoms with Gasteiger partial charge in [-0.25, -0.2) is 4.98 Å². The van der Waals surface area contributed by atoms with Gasteiger partial charge in [0.15, 0.2) is 0 Å². The van der Waals surface area contributed by atoms with Gasteiger partial charge in [0.2, 0.25) is 0 Å². The van der Waals surface area contributed by atoms with Gasteiger partial charge in [-0.2, -0.15) is 0 Å². The highest BCUT2D eigenvalue weighted by atomic mass is 32.1. The fourth-order valence-corrected chi connectivity index (χ4v) is 1.96. The van der Waals surface area contributed by atoms with Crippen molar-refractivity contribution in [3.05, 3.63) is 16.6 Å². The second-order valence-corrected chi connectivity index (χ2v) is 3.77. The van der Waals surface area contributed by atoms with E-state index in [-0.39, 0.29) is 12.0 Å². The number of aliphatic hydroxyl groups is 1. The van der Waals surface area contributed by atoms with Gasteiger partial charge >= 0.3 is 0 Å². The second-order valence-electron chi connectivity index (χ2n) is 3.05. The van der Waals surface area contributed by atoms with Crippen LogP contribution in [0.4, 0.5) is 0 Å². The zero-order chi connectivity index (χ0) is 8.39. The largest absolute Gasteiger partial charge is 0.390 e. The zero-order valence-corrected chi connectivity index (χ0v) is 7.46. The predicted octanol–water partition coefficient (Wildman–Crippen LogP) is 0.693. The highest BCUT2D eigenvalue weighted by molar-refractivity contribution is 7.07. The van der Waals surface area contributed by atoms with Crippen LogP contribution in [0, 0.1) is 5.92 Å². The van der Waals surface area contributed by atoms with E-state index in [0.717, 1.165) is 12.1 Å². The first-order valence-electron chi connectivity index (χ1n) is 3.99. The standard InChI is InChI=1S/C8H11NO2S/c10-8-3-11-2-6(8)1-7-4-12-5-9-7/h4-6,8,10H,1-3H2/t6-,8-/m1/s1. The van der Waals surface area contributed by atoms with Gasteiger partial charge in [-0.1, -0.05) is 0 Å². The summed E-state index contributed by atoms with van der Waals surface area (Å²) in [6, 6.07) is 0. The van der Waals surface area contributed by atoms with Crippen LogP contribution in [0.3, 0.4) is 0 Å². The van der Waals surface area contributed by atoms with Crippen molar-refractivity contribution < 1.29 is 9.84 Å². The van der Waals surface area contributed by atoms with Crippen LogP contribution in [0.25, 0.3) is 0 Å². The number of aromatic nitrogens is 1. The maximum atomic E-state index is 9.44. The first-order valence-corrected chi connectivity index (χ1v) is 4.93. The topological polar surface area (TPSA) is 42.4 Å². The number of thiazole rings is 1. The maximum absolute atomic E-state index is 9.44. The first kappa shape index (κ1) is 8.16. The maximum Gasteiger partial charge on any atom is 0.0827 e. The van der Waals surface area contributed by atoms with Gasteiger partial charge < -0.3 is 9.84 Å². The Morgan fingerprint density at radius 3 is 3.17 bits per heavy atom. The Hall–Kier alpha value is -0.450. The van der Waals surface area contributed by atoms with Crippen LogP contribution >= 0.6 is 11.3 Å². The first-order chi connectivity index (χ1) is 5.86. The van der Waals surface area contributed by atoms with Crippen LogP contribution in [0.15, 0.2) is 10.9 Å². The van der Waals surface area contributed by atoms with Crippen molar-refractivity contribution in [2.75, 3.05) is 13.2 Å². The minimum Gasteiger partial charge on any atom is -0.390 e. The summed E-state index contributed by atoms with van der Waals surface area (Å²) in [6.45, 7) is 1.15. The van der Waals surface area contributed by atoms with Gasteiger partial charge in [-0.3, -0.25) is 0 Å². The molecule has 0 aliphatic carbocycles. The lowest BCUT2D eigenvalue weighted by Crippen LogP contribution is -2.19. The van der Waals surface area contributed by atoms with E-state index in [1.807, 2.05) is 10.9 Å². The van der Waals surface area contributed by atoms with Crippen molar-refractivity contribution in [1.29, 1.82) is 0 Å². The Kier molecular flexibility index (Phi) is 2.39. The molecule has 0 unspecified atom stereocenters. The average molecular weight is 185 g/mol. The Morgan fingerprint density at radius 2 is 2.58 bits per heavy atom. The third kappa shape index (κ3) is 1.65. The smallest absolute Gasteiger partial charge is 0.0827 e. The number of hydrogen-bond donors (Lipinski definition) is 1. The summed E-state index contributed by atoms with van der Waals surface area (Å²) < 4.78 is 5.14. The third-order valence-corrected chi connectivity index (χ3v) is 2.75. The molecule has 1 aromatic rings. The fraction of sp³-hybridized carbons (Fsp3) is 0.625. The van der Waals surface area contributed by atoms with Crippen LogP contribution in [0.5, 0.6) is 0 Å². The quantitative estimate of drug-likeness (QED) is 0.737. The number of rotatable bonds is 2.